The zero-order chi connectivity index (χ0) is 15.6. The van der Waals surface area contributed by atoms with E-state index in [-0.39, 0.29) is 6.61 Å². The molecule has 2 amide bonds. The molecule has 2 atom stereocenters. The van der Waals surface area contributed by atoms with Gasteiger partial charge in [-0.3, -0.25) is 9.35 Å². The molecule has 0 saturated carbocycles. The normalized spacial score (nSPS) is 21.6. The molecule has 1 aromatic rings. The molecule has 1 aromatic carbocycles. The molecule has 1 saturated heterocycles. The predicted molar refractivity (Wildman–Crippen MR) is 71.4 cm³/mol. The van der Waals surface area contributed by atoms with Crippen molar-refractivity contribution in [1.82, 2.24) is 9.62 Å². The average molecular weight is 314 g/mol. The van der Waals surface area contributed by atoms with Crippen molar-refractivity contribution in [2.24, 2.45) is 0 Å². The molecule has 1 fully saturated rings. The minimum atomic E-state index is -4.60. The molecule has 8 nitrogen and oxygen atoms in total. The van der Waals surface area contributed by atoms with Crippen LogP contribution in [-0.2, 0) is 26.4 Å². The number of alkyl carbamates (subject to hydrolysis) is 1. The van der Waals surface area contributed by atoms with E-state index in [2.05, 4.69) is 5.32 Å². The molecule has 2 N–H and O–H groups in total. The van der Waals surface area contributed by atoms with Crippen molar-refractivity contribution in [3.05, 3.63) is 35.9 Å². The molecule has 1 aliphatic rings. The zero-order valence-electron chi connectivity index (χ0n) is 11.1. The van der Waals surface area contributed by atoms with E-state index in [0.717, 1.165) is 5.56 Å². The van der Waals surface area contributed by atoms with Crippen molar-refractivity contribution in [1.29, 1.82) is 0 Å². The van der Waals surface area contributed by atoms with Gasteiger partial charge in [-0.1, -0.05) is 30.3 Å². The number of hydrogen-bond donors (Lipinski definition) is 2. The molecule has 114 valence electrons. The maximum Gasteiger partial charge on any atom is 0.408 e. The Morgan fingerprint density at radius 3 is 2.52 bits per heavy atom. The number of ether oxygens (including phenoxy) is 1. The van der Waals surface area contributed by atoms with Gasteiger partial charge in [0.2, 0.25) is 0 Å². The lowest BCUT2D eigenvalue weighted by Crippen LogP contribution is -2.70. The summed E-state index contributed by atoms with van der Waals surface area (Å²) >= 11 is 0. The Morgan fingerprint density at radius 2 is 2.00 bits per heavy atom. The first-order chi connectivity index (χ1) is 9.80. The number of nitrogens with zero attached hydrogens (tertiary/aromatic N) is 1. The molecule has 1 heterocycles. The number of benzene rings is 1. The average Bonchev–Trinajstić information content (AvgIpc) is 2.42. The third kappa shape index (κ3) is 3.31. The van der Waals surface area contributed by atoms with Gasteiger partial charge in [-0.15, -0.1) is 0 Å². The Hall–Kier alpha value is -2.13. The third-order valence-electron chi connectivity index (χ3n) is 3.07. The molecule has 1 aliphatic heterocycles. The lowest BCUT2D eigenvalue weighted by atomic mass is 10.0. The molecule has 21 heavy (non-hydrogen) atoms. The van der Waals surface area contributed by atoms with Crippen LogP contribution in [0.2, 0.25) is 0 Å². The Balaban J connectivity index is 1.86. The third-order valence-corrected chi connectivity index (χ3v) is 4.08. The number of carbonyl (C=O) groups excluding carboxylic acids is 2. The Morgan fingerprint density at radius 1 is 1.38 bits per heavy atom. The molecule has 0 bridgehead atoms. The summed E-state index contributed by atoms with van der Waals surface area (Å²) in [6, 6.07) is 7.04. The standard InChI is InChI=1S/C12H14N2O6S/c1-8-10(11(15)14(8)21(17,18)19)13-12(16)20-7-9-5-3-2-4-6-9/h2-6,8,10H,7H2,1H3,(H,13,16)(H,17,18,19). The van der Waals surface area contributed by atoms with E-state index in [1.807, 2.05) is 6.07 Å². The Kier molecular flexibility index (Phi) is 4.14. The van der Waals surface area contributed by atoms with E-state index in [4.69, 9.17) is 9.29 Å². The second-order valence-electron chi connectivity index (χ2n) is 4.54. The van der Waals surface area contributed by atoms with Crippen LogP contribution in [-0.4, -0.2) is 41.4 Å². The first-order valence-corrected chi connectivity index (χ1v) is 7.48. The van der Waals surface area contributed by atoms with Gasteiger partial charge in [0.15, 0.2) is 0 Å². The molecule has 9 heteroatoms. The van der Waals surface area contributed by atoms with Gasteiger partial charge in [-0.05, 0) is 12.5 Å². The van der Waals surface area contributed by atoms with Crippen LogP contribution >= 0.6 is 0 Å². The second kappa shape index (κ2) is 5.70. The van der Waals surface area contributed by atoms with Crippen molar-refractivity contribution in [3.63, 3.8) is 0 Å². The van der Waals surface area contributed by atoms with Crippen LogP contribution in [0.1, 0.15) is 12.5 Å². The summed E-state index contributed by atoms with van der Waals surface area (Å²) in [7, 11) is -4.60. The van der Waals surface area contributed by atoms with Gasteiger partial charge in [0.1, 0.15) is 12.6 Å². The number of β-lactam (4-membered cyclic amide) rings is 1. The Bertz CT molecular complexity index is 645. The summed E-state index contributed by atoms with van der Waals surface area (Å²) in [5.74, 6) is -0.901. The van der Waals surface area contributed by atoms with Gasteiger partial charge in [0, 0.05) is 0 Å². The van der Waals surface area contributed by atoms with Crippen LogP contribution in [0.15, 0.2) is 30.3 Å². The van der Waals surface area contributed by atoms with Gasteiger partial charge in [0.05, 0.1) is 6.04 Å². The van der Waals surface area contributed by atoms with Crippen molar-refractivity contribution < 1.29 is 27.3 Å². The number of rotatable bonds is 4. The summed E-state index contributed by atoms with van der Waals surface area (Å²) in [5.41, 5.74) is 0.778. The van der Waals surface area contributed by atoms with Gasteiger partial charge in [-0.2, -0.15) is 8.42 Å². The minimum absolute atomic E-state index is 0.0317. The number of hydrogen-bond acceptors (Lipinski definition) is 5. The van der Waals surface area contributed by atoms with Crippen LogP contribution in [0.25, 0.3) is 0 Å². The second-order valence-corrected chi connectivity index (χ2v) is 5.83. The SMILES string of the molecule is CC1C(NC(=O)OCc2ccccc2)C(=O)N1S(=O)(=O)O. The number of nitrogens with one attached hydrogen (secondary N) is 1. The van der Waals surface area contributed by atoms with Crippen molar-refractivity contribution in [3.8, 4) is 0 Å². The van der Waals surface area contributed by atoms with Gasteiger partial charge in [0.25, 0.3) is 5.91 Å². The van der Waals surface area contributed by atoms with E-state index in [1.165, 1.54) is 6.92 Å². The van der Waals surface area contributed by atoms with E-state index < -0.39 is 34.4 Å². The maximum atomic E-state index is 11.6. The van der Waals surface area contributed by atoms with E-state index in [9.17, 15) is 18.0 Å². The highest BCUT2D eigenvalue weighted by Crippen LogP contribution is 2.22. The van der Waals surface area contributed by atoms with Crippen LogP contribution in [0.3, 0.4) is 0 Å². The summed E-state index contributed by atoms with van der Waals surface area (Å²) in [5, 5.41) is 2.26. The Labute approximate surface area is 121 Å². The van der Waals surface area contributed by atoms with Gasteiger partial charge in [-0.25, -0.2) is 9.10 Å². The molecular weight excluding hydrogens is 300 g/mol. The quantitative estimate of drug-likeness (QED) is 0.611. The molecule has 0 spiro atoms. The smallest absolute Gasteiger partial charge is 0.408 e. The molecule has 0 radical (unpaired) electrons. The molecule has 2 unspecified atom stereocenters. The first-order valence-electron chi connectivity index (χ1n) is 6.08. The molecule has 2 rings (SSSR count). The van der Waals surface area contributed by atoms with Gasteiger partial charge < -0.3 is 10.1 Å². The van der Waals surface area contributed by atoms with E-state index >= 15 is 0 Å². The lowest BCUT2D eigenvalue weighted by Gasteiger charge is -2.41. The molecule has 0 aromatic heterocycles. The lowest BCUT2D eigenvalue weighted by molar-refractivity contribution is -0.141. The highest BCUT2D eigenvalue weighted by molar-refractivity contribution is 7.84. The highest BCUT2D eigenvalue weighted by atomic mass is 32.2. The largest absolute Gasteiger partial charge is 0.445 e. The molecule has 0 aliphatic carbocycles. The predicted octanol–water partition coefficient (Wildman–Crippen LogP) is 0.315. The summed E-state index contributed by atoms with van der Waals surface area (Å²) in [6.45, 7) is 1.42. The summed E-state index contributed by atoms with van der Waals surface area (Å²) in [6.07, 6.45) is -0.834. The van der Waals surface area contributed by atoms with Crippen molar-refractivity contribution >= 4 is 22.3 Å². The number of carbonyl (C=O) groups is 2. The fourth-order valence-electron chi connectivity index (χ4n) is 2.00. The van der Waals surface area contributed by atoms with E-state index in [1.54, 1.807) is 24.3 Å². The van der Waals surface area contributed by atoms with Crippen LogP contribution < -0.4 is 5.32 Å². The molecular formula is C12H14N2O6S. The maximum absolute atomic E-state index is 11.6. The summed E-state index contributed by atoms with van der Waals surface area (Å²) < 4.78 is 35.8. The summed E-state index contributed by atoms with van der Waals surface area (Å²) in [4.78, 5) is 23.1. The minimum Gasteiger partial charge on any atom is -0.445 e. The van der Waals surface area contributed by atoms with Crippen LogP contribution in [0.4, 0.5) is 4.79 Å². The highest BCUT2D eigenvalue weighted by Gasteiger charge is 2.51. The van der Waals surface area contributed by atoms with Gasteiger partial charge >= 0.3 is 16.4 Å². The van der Waals surface area contributed by atoms with E-state index in [0.29, 0.717) is 4.31 Å². The fourth-order valence-corrected chi connectivity index (χ4v) is 2.88. The zero-order valence-corrected chi connectivity index (χ0v) is 11.9. The van der Waals surface area contributed by atoms with Crippen molar-refractivity contribution in [2.75, 3.05) is 0 Å². The fraction of sp³-hybridized carbons (Fsp3) is 0.333. The topological polar surface area (TPSA) is 113 Å². The monoisotopic (exact) mass is 314 g/mol. The van der Waals surface area contributed by atoms with Crippen molar-refractivity contribution in [2.45, 2.75) is 25.6 Å². The van der Waals surface area contributed by atoms with Crippen LogP contribution in [0.5, 0.6) is 0 Å². The van der Waals surface area contributed by atoms with Crippen LogP contribution in [0, 0.1) is 0 Å². The number of amides is 2. The first kappa shape index (κ1) is 15.3.